The van der Waals surface area contributed by atoms with E-state index >= 15 is 0 Å². The van der Waals surface area contributed by atoms with E-state index in [1.807, 2.05) is 6.21 Å². The molecule has 1 N–H and O–H groups in total. The molecule has 18 heavy (non-hydrogen) atoms. The molecule has 4 nitrogen and oxygen atoms in total. The average molecular weight is 265 g/mol. The molecule has 0 aliphatic carbocycles. The summed E-state index contributed by atoms with van der Waals surface area (Å²) in [4.78, 5) is 12.7. The van der Waals surface area contributed by atoms with Crippen molar-refractivity contribution in [3.05, 3.63) is 29.2 Å². The number of dihydropyridines is 1. The Hall–Kier alpha value is -1.42. The zero-order valence-corrected chi connectivity index (χ0v) is 11.4. The Morgan fingerprint density at radius 1 is 1.56 bits per heavy atom. The zero-order chi connectivity index (χ0) is 13.0. The van der Waals surface area contributed by atoms with Crippen LogP contribution in [0.3, 0.4) is 0 Å². The van der Waals surface area contributed by atoms with Crippen molar-refractivity contribution in [1.82, 2.24) is 9.97 Å². The molecule has 1 aliphatic rings. The zero-order valence-electron chi connectivity index (χ0n) is 10.6. The van der Waals surface area contributed by atoms with E-state index < -0.39 is 0 Å². The van der Waals surface area contributed by atoms with E-state index in [0.29, 0.717) is 23.1 Å². The third-order valence-electron chi connectivity index (χ3n) is 3.16. The Kier molecular flexibility index (Phi) is 4.31. The predicted octanol–water partition coefficient (Wildman–Crippen LogP) is 3.32. The molecule has 0 saturated heterocycles. The lowest BCUT2D eigenvalue weighted by molar-refractivity contribution is 0.446. The van der Waals surface area contributed by atoms with Gasteiger partial charge in [0.1, 0.15) is 5.15 Å². The van der Waals surface area contributed by atoms with E-state index in [-0.39, 0.29) is 0 Å². The summed E-state index contributed by atoms with van der Waals surface area (Å²) in [7, 11) is 0. The molecule has 2 atom stereocenters. The molecule has 1 aromatic rings. The van der Waals surface area contributed by atoms with Crippen LogP contribution in [-0.2, 0) is 0 Å². The Bertz CT molecular complexity index is 470. The minimum atomic E-state index is 0.390. The van der Waals surface area contributed by atoms with Gasteiger partial charge in [0.25, 0.3) is 0 Å². The third-order valence-corrected chi connectivity index (χ3v) is 3.37. The molecular weight excluding hydrogens is 248 g/mol. The highest BCUT2D eigenvalue weighted by molar-refractivity contribution is 6.29. The molecular formula is C13H17ClN4. The summed E-state index contributed by atoms with van der Waals surface area (Å²) in [5, 5.41) is 3.53. The fraction of sp³-hybridized carbons (Fsp3) is 0.462. The number of aliphatic imine (C=N–C) groups is 1. The van der Waals surface area contributed by atoms with E-state index in [1.54, 1.807) is 12.3 Å². The van der Waals surface area contributed by atoms with Crippen molar-refractivity contribution >= 4 is 23.8 Å². The van der Waals surface area contributed by atoms with E-state index in [0.717, 1.165) is 18.5 Å². The van der Waals surface area contributed by atoms with E-state index in [9.17, 15) is 0 Å². The van der Waals surface area contributed by atoms with Gasteiger partial charge in [0.15, 0.2) is 0 Å². The van der Waals surface area contributed by atoms with Crippen LogP contribution in [0.5, 0.6) is 0 Å². The topological polar surface area (TPSA) is 50.2 Å². The molecule has 0 saturated carbocycles. The number of allylic oxidation sites excluding steroid dienone is 1. The van der Waals surface area contributed by atoms with E-state index in [1.165, 1.54) is 0 Å². The van der Waals surface area contributed by atoms with Gasteiger partial charge in [-0.1, -0.05) is 37.9 Å². The minimum absolute atomic E-state index is 0.390. The Balaban J connectivity index is 1.97. The second kappa shape index (κ2) is 5.96. The quantitative estimate of drug-likeness (QED) is 0.849. The van der Waals surface area contributed by atoms with Gasteiger partial charge >= 0.3 is 0 Å². The molecule has 5 heteroatoms. The number of nitrogens with one attached hydrogen (secondary N) is 1. The lowest BCUT2D eigenvalue weighted by Gasteiger charge is -2.21. The Labute approximate surface area is 112 Å². The summed E-state index contributed by atoms with van der Waals surface area (Å²) in [5.41, 5.74) is 0.928. The second-order valence-corrected chi connectivity index (χ2v) is 4.84. The molecule has 2 rings (SSSR count). The van der Waals surface area contributed by atoms with Crippen LogP contribution in [0.4, 0.5) is 5.95 Å². The van der Waals surface area contributed by atoms with Gasteiger partial charge in [-0.05, 0) is 18.4 Å². The van der Waals surface area contributed by atoms with Crippen LogP contribution in [-0.4, -0.2) is 22.2 Å². The number of nitrogens with zero attached hydrogens (tertiary/aromatic N) is 3. The predicted molar refractivity (Wildman–Crippen MR) is 75.1 cm³/mol. The van der Waals surface area contributed by atoms with Gasteiger partial charge < -0.3 is 5.32 Å². The molecule has 0 spiro atoms. The number of halogens is 1. The lowest BCUT2D eigenvalue weighted by Crippen LogP contribution is -2.19. The van der Waals surface area contributed by atoms with Crippen molar-refractivity contribution in [1.29, 1.82) is 0 Å². The largest absolute Gasteiger partial charge is 0.323 e. The Morgan fingerprint density at radius 3 is 3.00 bits per heavy atom. The van der Waals surface area contributed by atoms with Gasteiger partial charge in [0.05, 0.1) is 11.7 Å². The number of rotatable bonds is 4. The third kappa shape index (κ3) is 3.29. The highest BCUT2D eigenvalue weighted by atomic mass is 35.5. The minimum Gasteiger partial charge on any atom is -0.323 e. The van der Waals surface area contributed by atoms with Crippen LogP contribution in [0.2, 0.25) is 5.15 Å². The summed E-state index contributed by atoms with van der Waals surface area (Å²) in [6, 6.07) is 2.04. The summed E-state index contributed by atoms with van der Waals surface area (Å²) >= 11 is 5.80. The normalized spacial score (nSPS) is 20.4. The molecule has 96 valence electrons. The highest BCUT2D eigenvalue weighted by Gasteiger charge is 2.16. The first-order valence-electron chi connectivity index (χ1n) is 6.18. The fourth-order valence-electron chi connectivity index (χ4n) is 1.80. The summed E-state index contributed by atoms with van der Waals surface area (Å²) in [6.45, 7) is 4.42. The van der Waals surface area contributed by atoms with Gasteiger partial charge in [-0.3, -0.25) is 4.99 Å². The van der Waals surface area contributed by atoms with Gasteiger partial charge in [0, 0.05) is 12.4 Å². The summed E-state index contributed by atoms with van der Waals surface area (Å²) in [6.07, 6.45) is 7.71. The molecule has 1 aliphatic heterocycles. The van der Waals surface area contributed by atoms with Gasteiger partial charge in [-0.2, -0.15) is 0 Å². The maximum atomic E-state index is 5.80. The number of aromatic nitrogens is 2. The maximum Gasteiger partial charge on any atom is 0.228 e. The first-order valence-corrected chi connectivity index (χ1v) is 6.55. The first-order chi connectivity index (χ1) is 8.69. The highest BCUT2D eigenvalue weighted by Crippen LogP contribution is 2.19. The number of hydrogen-bond donors (Lipinski definition) is 1. The monoisotopic (exact) mass is 264 g/mol. The number of hydrogen-bond acceptors (Lipinski definition) is 4. The van der Waals surface area contributed by atoms with Gasteiger partial charge in [0.2, 0.25) is 5.95 Å². The van der Waals surface area contributed by atoms with E-state index in [2.05, 4.69) is 40.2 Å². The van der Waals surface area contributed by atoms with Crippen LogP contribution < -0.4 is 5.32 Å². The smallest absolute Gasteiger partial charge is 0.228 e. The van der Waals surface area contributed by atoms with Crippen LogP contribution in [0.25, 0.3) is 0 Å². The van der Waals surface area contributed by atoms with E-state index in [4.69, 9.17) is 11.6 Å². The average Bonchev–Trinajstić information content (AvgIpc) is 2.39. The molecule has 0 bridgehead atoms. The fourth-order valence-corrected chi connectivity index (χ4v) is 1.93. The Morgan fingerprint density at radius 2 is 2.39 bits per heavy atom. The van der Waals surface area contributed by atoms with Crippen LogP contribution in [0.15, 0.2) is 29.0 Å². The molecule has 2 unspecified atom stereocenters. The maximum absolute atomic E-state index is 5.80. The van der Waals surface area contributed by atoms with Crippen molar-refractivity contribution < 1.29 is 0 Å². The molecule has 1 aromatic heterocycles. The van der Waals surface area contributed by atoms with Crippen molar-refractivity contribution in [2.24, 2.45) is 10.9 Å². The second-order valence-electron chi connectivity index (χ2n) is 4.45. The van der Waals surface area contributed by atoms with Crippen molar-refractivity contribution in [3.63, 3.8) is 0 Å². The first kappa shape index (κ1) is 13.0. The number of anilines is 1. The van der Waals surface area contributed by atoms with Crippen molar-refractivity contribution in [2.75, 3.05) is 5.32 Å². The van der Waals surface area contributed by atoms with Crippen LogP contribution in [0, 0.1) is 5.92 Å². The van der Waals surface area contributed by atoms with Crippen LogP contribution >= 0.6 is 11.6 Å². The molecule has 0 amide bonds. The standard InChI is InChI=1S/C13H17ClN4/c1-3-9(2)11-5-4-10(8-16-11)17-13-15-7-6-12(14)18-13/h4,6-9,11H,3,5H2,1-2H3,(H,15,17,18). The summed E-state index contributed by atoms with van der Waals surface area (Å²) < 4.78 is 0. The molecule has 0 fully saturated rings. The molecule has 0 aromatic carbocycles. The lowest BCUT2D eigenvalue weighted by atomic mass is 9.95. The van der Waals surface area contributed by atoms with Crippen molar-refractivity contribution in [3.8, 4) is 0 Å². The van der Waals surface area contributed by atoms with Crippen LogP contribution in [0.1, 0.15) is 26.7 Å². The molecule has 2 heterocycles. The molecule has 0 radical (unpaired) electrons. The van der Waals surface area contributed by atoms with Gasteiger partial charge in [-0.15, -0.1) is 0 Å². The summed E-state index contributed by atoms with van der Waals surface area (Å²) in [5.74, 6) is 1.11. The van der Waals surface area contributed by atoms with Crippen molar-refractivity contribution in [2.45, 2.75) is 32.7 Å². The van der Waals surface area contributed by atoms with Gasteiger partial charge in [-0.25, -0.2) is 9.97 Å². The SMILES string of the molecule is CCC(C)C1CC=C(Nc2nccc(Cl)n2)C=N1.